The van der Waals surface area contributed by atoms with Crippen LogP contribution in [0, 0.1) is 11.3 Å². The summed E-state index contributed by atoms with van der Waals surface area (Å²) in [4.78, 5) is 21.5. The van der Waals surface area contributed by atoms with Crippen molar-refractivity contribution < 1.29 is 4.79 Å². The molecule has 3 rings (SSSR count). The highest BCUT2D eigenvalue weighted by Crippen LogP contribution is 2.28. The number of nitriles is 1. The molecule has 24 heavy (non-hydrogen) atoms. The van der Waals surface area contributed by atoms with Crippen LogP contribution in [0.25, 0.3) is 0 Å². The Bertz CT molecular complexity index is 583. The predicted octanol–water partition coefficient (Wildman–Crippen LogP) is 2.00. The lowest BCUT2D eigenvalue weighted by atomic mass is 9.82. The molecule has 0 radical (unpaired) electrons. The standard InChI is InChI=1S/C17H25N5OS/c1-14(15(23)20-17(13-18)5-3-2-4-6-17)21-8-10-22(11-9-21)16-19-7-12-24-16/h7,12,14H,2-6,8-11H2,1H3,(H,20,23)/t14-/m1/s1. The fourth-order valence-corrected chi connectivity index (χ4v) is 4.30. The van der Waals surface area contributed by atoms with Crippen LogP contribution in [0.2, 0.25) is 0 Å². The fourth-order valence-electron chi connectivity index (χ4n) is 3.60. The molecule has 1 atom stereocenters. The first-order chi connectivity index (χ1) is 11.6. The molecule has 1 saturated heterocycles. The van der Waals surface area contributed by atoms with Gasteiger partial charge in [0.05, 0.1) is 12.1 Å². The second-order valence-corrected chi connectivity index (χ2v) is 7.63. The third-order valence-corrected chi connectivity index (χ3v) is 6.05. The number of carbonyl (C=O) groups excluding carboxylic acids is 1. The van der Waals surface area contributed by atoms with Crippen molar-refractivity contribution in [1.29, 1.82) is 5.26 Å². The van der Waals surface area contributed by atoms with Crippen molar-refractivity contribution in [2.75, 3.05) is 31.1 Å². The van der Waals surface area contributed by atoms with Gasteiger partial charge in [-0.15, -0.1) is 11.3 Å². The zero-order valence-corrected chi connectivity index (χ0v) is 15.0. The summed E-state index contributed by atoms with van der Waals surface area (Å²) in [5.74, 6) is -0.0128. The summed E-state index contributed by atoms with van der Waals surface area (Å²) < 4.78 is 0. The number of carbonyl (C=O) groups is 1. The molecule has 6 nitrogen and oxygen atoms in total. The molecule has 2 aliphatic rings. The summed E-state index contributed by atoms with van der Waals surface area (Å²) in [5.41, 5.74) is -0.647. The van der Waals surface area contributed by atoms with Crippen LogP contribution in [-0.4, -0.2) is 53.6 Å². The first-order valence-electron chi connectivity index (χ1n) is 8.75. The van der Waals surface area contributed by atoms with Crippen molar-refractivity contribution in [2.24, 2.45) is 0 Å². The predicted molar refractivity (Wildman–Crippen MR) is 94.9 cm³/mol. The Balaban J connectivity index is 1.54. The minimum absolute atomic E-state index is 0.0128. The minimum atomic E-state index is -0.647. The third kappa shape index (κ3) is 3.70. The van der Waals surface area contributed by atoms with Gasteiger partial charge >= 0.3 is 0 Å². The number of hydrogen-bond acceptors (Lipinski definition) is 6. The molecule has 1 amide bonds. The van der Waals surface area contributed by atoms with Gasteiger partial charge in [-0.05, 0) is 19.8 Å². The van der Waals surface area contributed by atoms with E-state index in [-0.39, 0.29) is 11.9 Å². The van der Waals surface area contributed by atoms with Gasteiger partial charge in [0, 0.05) is 37.8 Å². The maximum atomic E-state index is 12.7. The highest BCUT2D eigenvalue weighted by Gasteiger charge is 2.36. The molecule has 2 heterocycles. The molecule has 0 bridgehead atoms. The zero-order chi connectivity index (χ0) is 17.0. The van der Waals surface area contributed by atoms with Crippen LogP contribution in [-0.2, 0) is 4.79 Å². The SMILES string of the molecule is C[C@H](C(=O)NC1(C#N)CCCCC1)N1CCN(c2nccs2)CC1. The van der Waals surface area contributed by atoms with Crippen molar-refractivity contribution in [2.45, 2.75) is 50.6 Å². The van der Waals surface area contributed by atoms with Gasteiger partial charge < -0.3 is 10.2 Å². The molecule has 130 valence electrons. The molecule has 1 aliphatic carbocycles. The average Bonchev–Trinajstić information content (AvgIpc) is 3.16. The number of nitrogens with one attached hydrogen (secondary N) is 1. The summed E-state index contributed by atoms with van der Waals surface area (Å²) in [6.07, 6.45) is 6.59. The Morgan fingerprint density at radius 3 is 2.62 bits per heavy atom. The molecule has 1 aromatic rings. The summed E-state index contributed by atoms with van der Waals surface area (Å²) in [5, 5.41) is 15.6. The highest BCUT2D eigenvalue weighted by molar-refractivity contribution is 7.13. The van der Waals surface area contributed by atoms with Crippen molar-refractivity contribution in [3.05, 3.63) is 11.6 Å². The molecule has 0 aromatic carbocycles. The lowest BCUT2D eigenvalue weighted by Crippen LogP contribution is -2.58. The van der Waals surface area contributed by atoms with Gasteiger partial charge in [0.1, 0.15) is 5.54 Å². The van der Waals surface area contributed by atoms with Crippen LogP contribution in [0.15, 0.2) is 11.6 Å². The molecule has 1 aliphatic heterocycles. The molecular weight excluding hydrogens is 322 g/mol. The quantitative estimate of drug-likeness (QED) is 0.902. The fraction of sp³-hybridized carbons (Fsp3) is 0.706. The van der Waals surface area contributed by atoms with E-state index < -0.39 is 5.54 Å². The van der Waals surface area contributed by atoms with Crippen LogP contribution in [0.4, 0.5) is 5.13 Å². The largest absolute Gasteiger partial charge is 0.346 e. The maximum Gasteiger partial charge on any atom is 0.238 e. The van der Waals surface area contributed by atoms with Gasteiger partial charge in [-0.1, -0.05) is 19.3 Å². The highest BCUT2D eigenvalue weighted by atomic mass is 32.1. The van der Waals surface area contributed by atoms with Gasteiger partial charge in [-0.3, -0.25) is 9.69 Å². The Labute approximate surface area is 147 Å². The van der Waals surface area contributed by atoms with Crippen molar-refractivity contribution in [3.8, 4) is 6.07 Å². The smallest absolute Gasteiger partial charge is 0.238 e. The second kappa shape index (κ2) is 7.49. The van der Waals surface area contributed by atoms with Crippen molar-refractivity contribution in [3.63, 3.8) is 0 Å². The van der Waals surface area contributed by atoms with E-state index in [1.807, 2.05) is 18.5 Å². The van der Waals surface area contributed by atoms with Crippen LogP contribution >= 0.6 is 11.3 Å². The lowest BCUT2D eigenvalue weighted by Gasteiger charge is -2.39. The van der Waals surface area contributed by atoms with Crippen molar-refractivity contribution in [1.82, 2.24) is 15.2 Å². The molecule has 7 heteroatoms. The van der Waals surface area contributed by atoms with E-state index in [0.29, 0.717) is 0 Å². The topological polar surface area (TPSA) is 72.3 Å². The molecule has 1 N–H and O–H groups in total. The Kier molecular flexibility index (Phi) is 5.36. The minimum Gasteiger partial charge on any atom is -0.346 e. The van der Waals surface area contributed by atoms with Crippen molar-refractivity contribution >= 4 is 22.4 Å². The maximum absolute atomic E-state index is 12.7. The molecule has 2 fully saturated rings. The van der Waals surface area contributed by atoms with Gasteiger partial charge in [0.15, 0.2) is 5.13 Å². The first-order valence-corrected chi connectivity index (χ1v) is 9.63. The van der Waals surface area contributed by atoms with E-state index >= 15 is 0 Å². The molecule has 0 spiro atoms. The summed E-state index contributed by atoms with van der Waals surface area (Å²) >= 11 is 1.65. The molecule has 1 saturated carbocycles. The van der Waals surface area contributed by atoms with E-state index in [1.165, 1.54) is 0 Å². The average molecular weight is 347 g/mol. The van der Waals surface area contributed by atoms with Gasteiger partial charge in [-0.25, -0.2) is 4.98 Å². The van der Waals surface area contributed by atoms with Crippen LogP contribution in [0.1, 0.15) is 39.0 Å². The molecular formula is C17H25N5OS. The summed E-state index contributed by atoms with van der Waals surface area (Å²) in [6.45, 7) is 5.40. The lowest BCUT2D eigenvalue weighted by molar-refractivity contribution is -0.127. The number of thiazole rings is 1. The number of piperazine rings is 1. The molecule has 1 aromatic heterocycles. The second-order valence-electron chi connectivity index (χ2n) is 6.76. The van der Waals surface area contributed by atoms with E-state index in [0.717, 1.165) is 63.4 Å². The Morgan fingerprint density at radius 1 is 1.33 bits per heavy atom. The molecule has 0 unspecified atom stereocenters. The number of rotatable bonds is 4. The van der Waals surface area contributed by atoms with Crippen LogP contribution < -0.4 is 10.2 Å². The summed E-state index contributed by atoms with van der Waals surface area (Å²) in [6, 6.07) is 2.17. The van der Waals surface area contributed by atoms with E-state index in [1.54, 1.807) is 11.3 Å². The zero-order valence-electron chi connectivity index (χ0n) is 14.2. The Hall–Kier alpha value is -1.65. The normalized spacial score (nSPS) is 22.6. The van der Waals surface area contributed by atoms with Gasteiger partial charge in [0.25, 0.3) is 0 Å². The number of nitrogens with zero attached hydrogens (tertiary/aromatic N) is 4. The van der Waals surface area contributed by atoms with Gasteiger partial charge in [-0.2, -0.15) is 5.26 Å². The van der Waals surface area contributed by atoms with E-state index in [9.17, 15) is 10.1 Å². The van der Waals surface area contributed by atoms with E-state index in [4.69, 9.17) is 0 Å². The van der Waals surface area contributed by atoms with E-state index in [2.05, 4.69) is 26.2 Å². The Morgan fingerprint density at radius 2 is 2.04 bits per heavy atom. The number of hydrogen-bond donors (Lipinski definition) is 1. The number of anilines is 1. The number of amides is 1. The first kappa shape index (κ1) is 17.2. The van der Waals surface area contributed by atoms with Gasteiger partial charge in [0.2, 0.25) is 5.91 Å². The number of aromatic nitrogens is 1. The van der Waals surface area contributed by atoms with Crippen LogP contribution in [0.5, 0.6) is 0 Å². The third-order valence-electron chi connectivity index (χ3n) is 5.21. The van der Waals surface area contributed by atoms with Crippen LogP contribution in [0.3, 0.4) is 0 Å². The summed E-state index contributed by atoms with van der Waals surface area (Å²) in [7, 11) is 0. The monoisotopic (exact) mass is 347 g/mol.